The quantitative estimate of drug-likeness (QED) is 0.725. The Hall–Kier alpha value is -1.17. The standard InChI is InChI=1S/C13H22O5Si/c1-10(14)17-19(3,18-11(2)15)9-8-12-4-6-13(16)7-5-12/h12H,4-9H2,1-3H3. The first-order chi connectivity index (χ1) is 8.81. The molecule has 1 aliphatic rings. The monoisotopic (exact) mass is 286 g/mol. The Labute approximate surface area is 114 Å². The molecular weight excluding hydrogens is 264 g/mol. The molecule has 0 spiro atoms. The Balaban J connectivity index is 2.50. The second kappa shape index (κ2) is 6.84. The van der Waals surface area contributed by atoms with Gasteiger partial charge in [-0.05, 0) is 25.2 Å². The second-order valence-corrected chi connectivity index (χ2v) is 8.52. The highest BCUT2D eigenvalue weighted by molar-refractivity contribution is 6.69. The van der Waals surface area contributed by atoms with E-state index in [1.807, 2.05) is 0 Å². The molecular formula is C13H22O5Si. The van der Waals surface area contributed by atoms with Crippen LogP contribution in [-0.4, -0.2) is 26.3 Å². The zero-order valence-electron chi connectivity index (χ0n) is 11.9. The fourth-order valence-electron chi connectivity index (χ4n) is 2.49. The Morgan fingerprint density at radius 1 is 1.16 bits per heavy atom. The summed E-state index contributed by atoms with van der Waals surface area (Å²) in [7, 11) is -2.76. The van der Waals surface area contributed by atoms with E-state index in [1.165, 1.54) is 13.8 Å². The number of carbonyl (C=O) groups is 3. The molecule has 108 valence electrons. The summed E-state index contributed by atoms with van der Waals surface area (Å²) in [5.74, 6) is -0.0182. The van der Waals surface area contributed by atoms with Gasteiger partial charge in [0.05, 0.1) is 0 Å². The lowest BCUT2D eigenvalue weighted by molar-refractivity contribution is -0.138. The summed E-state index contributed by atoms with van der Waals surface area (Å²) in [6, 6.07) is 0.602. The Morgan fingerprint density at radius 2 is 1.63 bits per heavy atom. The van der Waals surface area contributed by atoms with Gasteiger partial charge in [0.1, 0.15) is 5.78 Å². The van der Waals surface area contributed by atoms with E-state index in [-0.39, 0.29) is 0 Å². The zero-order chi connectivity index (χ0) is 14.5. The highest BCUT2D eigenvalue weighted by Gasteiger charge is 2.38. The van der Waals surface area contributed by atoms with E-state index in [0.29, 0.717) is 30.6 Å². The van der Waals surface area contributed by atoms with Crippen LogP contribution in [0.5, 0.6) is 0 Å². The lowest BCUT2D eigenvalue weighted by Gasteiger charge is -2.28. The molecule has 0 aromatic carbocycles. The highest BCUT2D eigenvalue weighted by atomic mass is 28.4. The summed E-state index contributed by atoms with van der Waals surface area (Å²) >= 11 is 0. The van der Waals surface area contributed by atoms with Gasteiger partial charge in [-0.25, -0.2) is 0 Å². The molecule has 1 fully saturated rings. The fourth-order valence-corrected chi connectivity index (χ4v) is 4.88. The van der Waals surface area contributed by atoms with Crippen molar-refractivity contribution in [1.82, 2.24) is 0 Å². The van der Waals surface area contributed by atoms with E-state index in [1.54, 1.807) is 6.55 Å². The van der Waals surface area contributed by atoms with Crippen LogP contribution in [0.2, 0.25) is 12.6 Å². The third kappa shape index (κ3) is 6.00. The van der Waals surface area contributed by atoms with Crippen LogP contribution in [0.1, 0.15) is 46.0 Å². The van der Waals surface area contributed by atoms with E-state index in [4.69, 9.17) is 8.85 Å². The smallest absolute Gasteiger partial charge is 0.461 e. The Kier molecular flexibility index (Phi) is 5.72. The van der Waals surface area contributed by atoms with Gasteiger partial charge in [0, 0.05) is 39.3 Å². The van der Waals surface area contributed by atoms with Crippen LogP contribution in [0.25, 0.3) is 0 Å². The predicted octanol–water partition coefficient (Wildman–Crippen LogP) is 2.33. The number of ketones is 1. The number of Topliss-reactive ketones (excluding diaryl/α,β-unsaturated/α-hetero) is 1. The minimum atomic E-state index is -2.76. The molecule has 0 aliphatic heterocycles. The maximum Gasteiger partial charge on any atom is 0.461 e. The molecule has 1 aliphatic carbocycles. The predicted molar refractivity (Wildman–Crippen MR) is 71.5 cm³/mol. The molecule has 0 unspecified atom stereocenters. The van der Waals surface area contributed by atoms with E-state index in [9.17, 15) is 14.4 Å². The number of hydrogen-bond donors (Lipinski definition) is 0. The average molecular weight is 286 g/mol. The third-order valence-corrected chi connectivity index (χ3v) is 6.02. The summed E-state index contributed by atoms with van der Waals surface area (Å²) in [4.78, 5) is 33.4. The van der Waals surface area contributed by atoms with Crippen LogP contribution in [0.3, 0.4) is 0 Å². The number of hydrogen-bond acceptors (Lipinski definition) is 5. The average Bonchev–Trinajstić information content (AvgIpc) is 2.26. The first-order valence-electron chi connectivity index (χ1n) is 6.71. The van der Waals surface area contributed by atoms with Crippen LogP contribution in [0.15, 0.2) is 0 Å². The SMILES string of the molecule is CC(=O)O[Si](C)(CCC1CCC(=O)CC1)OC(C)=O. The Morgan fingerprint density at radius 3 is 2.05 bits per heavy atom. The zero-order valence-corrected chi connectivity index (χ0v) is 12.9. The fraction of sp³-hybridized carbons (Fsp3) is 0.769. The van der Waals surface area contributed by atoms with Crippen LogP contribution in [-0.2, 0) is 23.2 Å². The summed E-state index contributed by atoms with van der Waals surface area (Å²) in [5.41, 5.74) is 0. The molecule has 1 rings (SSSR count). The number of carbonyl (C=O) groups excluding carboxylic acids is 3. The summed E-state index contributed by atoms with van der Waals surface area (Å²) in [5, 5.41) is 0. The first kappa shape index (κ1) is 15.9. The molecule has 5 nitrogen and oxygen atoms in total. The normalized spacial score (nSPS) is 17.1. The van der Waals surface area contributed by atoms with Gasteiger partial charge in [-0.15, -0.1) is 0 Å². The largest absolute Gasteiger partial charge is 0.485 e. The summed E-state index contributed by atoms with van der Waals surface area (Å²) in [6.07, 6.45) is 3.91. The Bertz CT molecular complexity index is 340. The highest BCUT2D eigenvalue weighted by Crippen LogP contribution is 2.29. The lowest BCUT2D eigenvalue weighted by Crippen LogP contribution is -2.42. The molecule has 0 atom stereocenters. The van der Waals surface area contributed by atoms with Gasteiger partial charge in [-0.1, -0.05) is 0 Å². The molecule has 0 amide bonds. The summed E-state index contributed by atoms with van der Waals surface area (Å²) in [6.45, 7) is 4.39. The van der Waals surface area contributed by atoms with E-state index in [0.717, 1.165) is 19.3 Å². The molecule has 6 heteroatoms. The summed E-state index contributed by atoms with van der Waals surface area (Å²) < 4.78 is 10.5. The van der Waals surface area contributed by atoms with Crippen molar-refractivity contribution in [3.05, 3.63) is 0 Å². The second-order valence-electron chi connectivity index (χ2n) is 5.34. The van der Waals surface area contributed by atoms with Gasteiger partial charge in [-0.3, -0.25) is 14.4 Å². The molecule has 0 N–H and O–H groups in total. The van der Waals surface area contributed by atoms with Gasteiger partial charge >= 0.3 is 8.56 Å². The maximum absolute atomic E-state index is 11.2. The van der Waals surface area contributed by atoms with Crippen molar-refractivity contribution in [3.8, 4) is 0 Å². The molecule has 0 saturated heterocycles. The van der Waals surface area contributed by atoms with Crippen molar-refractivity contribution in [3.63, 3.8) is 0 Å². The van der Waals surface area contributed by atoms with Crippen LogP contribution >= 0.6 is 0 Å². The van der Waals surface area contributed by atoms with Crippen LogP contribution in [0, 0.1) is 5.92 Å². The van der Waals surface area contributed by atoms with E-state index < -0.39 is 20.5 Å². The van der Waals surface area contributed by atoms with Gasteiger partial charge in [0.2, 0.25) is 0 Å². The molecule has 0 bridgehead atoms. The third-order valence-electron chi connectivity index (χ3n) is 3.39. The van der Waals surface area contributed by atoms with Crippen molar-refractivity contribution < 1.29 is 23.2 Å². The van der Waals surface area contributed by atoms with Gasteiger partial charge in [-0.2, -0.15) is 0 Å². The molecule has 19 heavy (non-hydrogen) atoms. The lowest BCUT2D eigenvalue weighted by atomic mass is 9.87. The minimum absolute atomic E-state index is 0.330. The molecule has 0 aromatic rings. The van der Waals surface area contributed by atoms with Gasteiger partial charge < -0.3 is 8.85 Å². The van der Waals surface area contributed by atoms with Crippen molar-refractivity contribution in [2.75, 3.05) is 0 Å². The molecule has 0 radical (unpaired) electrons. The van der Waals surface area contributed by atoms with Crippen LogP contribution in [0.4, 0.5) is 0 Å². The van der Waals surface area contributed by atoms with Crippen molar-refractivity contribution in [2.24, 2.45) is 5.92 Å². The maximum atomic E-state index is 11.2. The molecule has 0 heterocycles. The topological polar surface area (TPSA) is 69.7 Å². The minimum Gasteiger partial charge on any atom is -0.485 e. The van der Waals surface area contributed by atoms with Crippen molar-refractivity contribution >= 4 is 26.3 Å². The van der Waals surface area contributed by atoms with E-state index >= 15 is 0 Å². The first-order valence-corrected chi connectivity index (χ1v) is 9.24. The van der Waals surface area contributed by atoms with Crippen LogP contribution < -0.4 is 0 Å². The van der Waals surface area contributed by atoms with Crippen molar-refractivity contribution in [2.45, 2.75) is 58.5 Å². The molecule has 0 aromatic heterocycles. The van der Waals surface area contributed by atoms with E-state index in [2.05, 4.69) is 0 Å². The van der Waals surface area contributed by atoms with Gasteiger partial charge in [0.25, 0.3) is 11.9 Å². The van der Waals surface area contributed by atoms with Gasteiger partial charge in [0.15, 0.2) is 0 Å². The number of rotatable bonds is 5. The van der Waals surface area contributed by atoms with Crippen molar-refractivity contribution in [1.29, 1.82) is 0 Å². The molecule has 1 saturated carbocycles.